The maximum Gasteiger partial charge on any atom is 0.244 e. The maximum absolute atomic E-state index is 12.6. The second kappa shape index (κ2) is 7.86. The standard InChI is InChI=1S/C17H19ClN2O4S/c1-11-8-9-15(24-3)16(10-11)25(22,23)20-12(2)17(21)19-14-7-5-4-6-13(14)18/h4-10,12,20H,1-3H3,(H,19,21)/t12-/m0/s1. The molecule has 1 amide bonds. The summed E-state index contributed by atoms with van der Waals surface area (Å²) >= 11 is 5.99. The van der Waals surface area contributed by atoms with E-state index >= 15 is 0 Å². The average molecular weight is 383 g/mol. The monoisotopic (exact) mass is 382 g/mol. The number of hydrogen-bond donors (Lipinski definition) is 2. The van der Waals surface area contributed by atoms with E-state index in [2.05, 4.69) is 10.0 Å². The molecule has 0 radical (unpaired) electrons. The van der Waals surface area contributed by atoms with Crippen LogP contribution in [0.2, 0.25) is 5.02 Å². The number of benzene rings is 2. The van der Waals surface area contributed by atoms with Gasteiger partial charge in [-0.3, -0.25) is 4.79 Å². The van der Waals surface area contributed by atoms with Crippen molar-refractivity contribution < 1.29 is 17.9 Å². The minimum Gasteiger partial charge on any atom is -0.495 e. The fourth-order valence-electron chi connectivity index (χ4n) is 2.15. The lowest BCUT2D eigenvalue weighted by atomic mass is 10.2. The first-order valence-electron chi connectivity index (χ1n) is 7.47. The van der Waals surface area contributed by atoms with Crippen LogP contribution in [0.3, 0.4) is 0 Å². The van der Waals surface area contributed by atoms with Crippen LogP contribution >= 0.6 is 11.6 Å². The van der Waals surface area contributed by atoms with Gasteiger partial charge in [-0.1, -0.05) is 29.8 Å². The Morgan fingerprint density at radius 1 is 1.20 bits per heavy atom. The van der Waals surface area contributed by atoms with Crippen molar-refractivity contribution in [3.05, 3.63) is 53.1 Å². The van der Waals surface area contributed by atoms with E-state index in [0.29, 0.717) is 10.7 Å². The minimum atomic E-state index is -3.94. The molecule has 0 aliphatic carbocycles. The molecule has 0 bridgehead atoms. The van der Waals surface area contributed by atoms with Gasteiger partial charge < -0.3 is 10.1 Å². The van der Waals surface area contributed by atoms with Gasteiger partial charge in [-0.15, -0.1) is 0 Å². The topological polar surface area (TPSA) is 84.5 Å². The SMILES string of the molecule is COc1ccc(C)cc1S(=O)(=O)N[C@@H](C)C(=O)Nc1ccccc1Cl. The molecule has 2 rings (SSSR count). The fraction of sp³-hybridized carbons (Fsp3) is 0.235. The van der Waals surface area contributed by atoms with Gasteiger partial charge in [-0.2, -0.15) is 4.72 Å². The van der Waals surface area contributed by atoms with Crippen molar-refractivity contribution in [1.29, 1.82) is 0 Å². The Labute approximate surface area is 152 Å². The van der Waals surface area contributed by atoms with Gasteiger partial charge in [0.05, 0.1) is 23.9 Å². The summed E-state index contributed by atoms with van der Waals surface area (Å²) in [5, 5.41) is 2.96. The van der Waals surface area contributed by atoms with Gasteiger partial charge in [0.2, 0.25) is 15.9 Å². The Balaban J connectivity index is 2.19. The van der Waals surface area contributed by atoms with E-state index < -0.39 is 22.0 Å². The predicted molar refractivity (Wildman–Crippen MR) is 97.6 cm³/mol. The summed E-state index contributed by atoms with van der Waals surface area (Å²) in [6, 6.07) is 10.5. The van der Waals surface area contributed by atoms with E-state index in [4.69, 9.17) is 16.3 Å². The van der Waals surface area contributed by atoms with Crippen molar-refractivity contribution in [2.24, 2.45) is 0 Å². The molecule has 0 unspecified atom stereocenters. The summed E-state index contributed by atoms with van der Waals surface area (Å²) in [5.41, 5.74) is 1.17. The second-order valence-electron chi connectivity index (χ2n) is 5.47. The fourth-order valence-corrected chi connectivity index (χ4v) is 3.79. The van der Waals surface area contributed by atoms with Gasteiger partial charge in [0, 0.05) is 0 Å². The number of halogens is 1. The lowest BCUT2D eigenvalue weighted by Crippen LogP contribution is -2.41. The normalized spacial score (nSPS) is 12.5. The molecule has 0 fully saturated rings. The molecule has 8 heteroatoms. The van der Waals surface area contributed by atoms with E-state index in [1.807, 2.05) is 0 Å². The molecule has 6 nitrogen and oxygen atoms in total. The van der Waals surface area contributed by atoms with Crippen molar-refractivity contribution in [2.45, 2.75) is 24.8 Å². The van der Waals surface area contributed by atoms with Crippen molar-refractivity contribution in [3.8, 4) is 5.75 Å². The van der Waals surface area contributed by atoms with Crippen molar-refractivity contribution in [2.75, 3.05) is 12.4 Å². The van der Waals surface area contributed by atoms with Crippen molar-refractivity contribution in [1.82, 2.24) is 4.72 Å². The number of nitrogens with one attached hydrogen (secondary N) is 2. The molecule has 134 valence electrons. The molecule has 0 saturated heterocycles. The molecular formula is C17H19ClN2O4S. The van der Waals surface area contributed by atoms with Gasteiger partial charge >= 0.3 is 0 Å². The highest BCUT2D eigenvalue weighted by molar-refractivity contribution is 7.89. The van der Waals surface area contributed by atoms with Gasteiger partial charge in [-0.25, -0.2) is 8.42 Å². The zero-order chi connectivity index (χ0) is 18.6. The zero-order valence-corrected chi connectivity index (χ0v) is 15.6. The molecule has 0 aromatic heterocycles. The van der Waals surface area contributed by atoms with Crippen LogP contribution < -0.4 is 14.8 Å². The number of aryl methyl sites for hydroxylation is 1. The minimum absolute atomic E-state index is 0.0209. The van der Waals surface area contributed by atoms with E-state index in [1.54, 1.807) is 43.3 Å². The summed E-state index contributed by atoms with van der Waals surface area (Å²) in [5.74, 6) is -0.319. The molecule has 0 heterocycles. The summed E-state index contributed by atoms with van der Waals surface area (Å²) in [4.78, 5) is 12.2. The van der Waals surface area contributed by atoms with Crippen LogP contribution in [0, 0.1) is 6.92 Å². The smallest absolute Gasteiger partial charge is 0.244 e. The van der Waals surface area contributed by atoms with Crippen LogP contribution in [-0.4, -0.2) is 27.5 Å². The summed E-state index contributed by atoms with van der Waals surface area (Å²) < 4.78 is 32.7. The van der Waals surface area contributed by atoms with Crippen LogP contribution in [0.15, 0.2) is 47.4 Å². The van der Waals surface area contributed by atoms with E-state index in [9.17, 15) is 13.2 Å². The van der Waals surface area contributed by atoms with Gasteiger partial charge in [-0.05, 0) is 43.7 Å². The molecule has 25 heavy (non-hydrogen) atoms. The number of carbonyl (C=O) groups is 1. The number of para-hydroxylation sites is 1. The van der Waals surface area contributed by atoms with E-state index in [1.165, 1.54) is 20.1 Å². The third-order valence-electron chi connectivity index (χ3n) is 3.47. The third-order valence-corrected chi connectivity index (χ3v) is 5.36. The molecule has 2 aromatic rings. The Hall–Kier alpha value is -2.09. The number of amides is 1. The number of sulfonamides is 1. The molecule has 2 N–H and O–H groups in total. The van der Waals surface area contributed by atoms with E-state index in [-0.39, 0.29) is 10.6 Å². The predicted octanol–water partition coefficient (Wildman–Crippen LogP) is 2.96. The second-order valence-corrected chi connectivity index (χ2v) is 7.56. The highest BCUT2D eigenvalue weighted by Gasteiger charge is 2.25. The Morgan fingerprint density at radius 2 is 1.88 bits per heavy atom. The number of ether oxygens (including phenoxy) is 1. The third kappa shape index (κ3) is 4.72. The number of carbonyl (C=O) groups excluding carboxylic acids is 1. The Kier molecular flexibility index (Phi) is 6.05. The molecule has 2 aromatic carbocycles. The zero-order valence-electron chi connectivity index (χ0n) is 14.0. The average Bonchev–Trinajstić information content (AvgIpc) is 2.56. The van der Waals surface area contributed by atoms with Crippen molar-refractivity contribution in [3.63, 3.8) is 0 Å². The lowest BCUT2D eigenvalue weighted by Gasteiger charge is -2.16. The number of hydrogen-bond acceptors (Lipinski definition) is 4. The molecule has 0 saturated carbocycles. The lowest BCUT2D eigenvalue weighted by molar-refractivity contribution is -0.117. The summed E-state index contributed by atoms with van der Waals surface area (Å²) in [7, 11) is -2.55. The first-order chi connectivity index (χ1) is 11.7. The Morgan fingerprint density at radius 3 is 2.52 bits per heavy atom. The van der Waals surface area contributed by atoms with Crippen LogP contribution in [0.1, 0.15) is 12.5 Å². The van der Waals surface area contributed by atoms with E-state index in [0.717, 1.165) is 5.56 Å². The van der Waals surface area contributed by atoms with Crippen LogP contribution in [0.4, 0.5) is 5.69 Å². The first kappa shape index (κ1) is 19.2. The maximum atomic E-state index is 12.6. The molecular weight excluding hydrogens is 364 g/mol. The molecule has 0 spiro atoms. The molecule has 1 atom stereocenters. The molecule has 0 aliphatic heterocycles. The number of anilines is 1. The number of rotatable bonds is 6. The summed E-state index contributed by atoms with van der Waals surface area (Å²) in [6.45, 7) is 3.22. The van der Waals surface area contributed by atoms with Gasteiger partial charge in [0.25, 0.3) is 0 Å². The highest BCUT2D eigenvalue weighted by atomic mass is 35.5. The number of methoxy groups -OCH3 is 1. The van der Waals surface area contributed by atoms with Gasteiger partial charge in [0.15, 0.2) is 0 Å². The largest absolute Gasteiger partial charge is 0.495 e. The quantitative estimate of drug-likeness (QED) is 0.804. The first-order valence-corrected chi connectivity index (χ1v) is 9.33. The van der Waals surface area contributed by atoms with Crippen molar-refractivity contribution >= 4 is 33.2 Å². The van der Waals surface area contributed by atoms with Crippen LogP contribution in [0.5, 0.6) is 5.75 Å². The molecule has 0 aliphatic rings. The summed E-state index contributed by atoms with van der Waals surface area (Å²) in [6.07, 6.45) is 0. The van der Waals surface area contributed by atoms with Crippen LogP contribution in [-0.2, 0) is 14.8 Å². The Bertz CT molecular complexity index is 884. The highest BCUT2D eigenvalue weighted by Crippen LogP contribution is 2.25. The van der Waals surface area contributed by atoms with Gasteiger partial charge in [0.1, 0.15) is 10.6 Å². The van der Waals surface area contributed by atoms with Crippen LogP contribution in [0.25, 0.3) is 0 Å².